The predicted molar refractivity (Wildman–Crippen MR) is 93.9 cm³/mol. The molecule has 0 bridgehead atoms. The van der Waals surface area contributed by atoms with Crippen LogP contribution in [0.25, 0.3) is 0 Å². The number of alkyl halides is 3. The second-order valence-electron chi connectivity index (χ2n) is 5.98. The molecule has 1 N–H and O–H groups in total. The molecule has 2 aromatic rings. The van der Waals surface area contributed by atoms with Gasteiger partial charge in [0, 0.05) is 26.2 Å². The van der Waals surface area contributed by atoms with Gasteiger partial charge in [0.25, 0.3) is 0 Å². The van der Waals surface area contributed by atoms with Crippen molar-refractivity contribution in [3.63, 3.8) is 0 Å². The Labute approximate surface area is 149 Å². The molecule has 1 amide bonds. The fourth-order valence-electron chi connectivity index (χ4n) is 2.38. The minimum Gasteiger partial charge on any atom is -0.378 e. The zero-order valence-electron chi connectivity index (χ0n) is 14.4. The number of rotatable bonds is 5. The number of hydrogen-bond acceptors (Lipinski definition) is 3. The van der Waals surface area contributed by atoms with Crippen LogP contribution < -0.4 is 10.2 Å². The van der Waals surface area contributed by atoms with Crippen LogP contribution in [0.3, 0.4) is 0 Å². The van der Waals surface area contributed by atoms with Gasteiger partial charge < -0.3 is 10.2 Å². The molecular weight excluding hydrogens is 343 g/mol. The van der Waals surface area contributed by atoms with Crippen LogP contribution in [-0.2, 0) is 17.4 Å². The first-order chi connectivity index (χ1) is 12.2. The SMILES string of the molecule is CN(C)c1cccc(CCC(=O)Nc2cc(C(F)(F)F)ccc2C#N)c1. The average Bonchev–Trinajstić information content (AvgIpc) is 2.59. The molecule has 0 aromatic heterocycles. The summed E-state index contributed by atoms with van der Waals surface area (Å²) in [5.41, 5.74) is 0.879. The number of anilines is 2. The molecule has 2 rings (SSSR count). The Morgan fingerprint density at radius 3 is 2.54 bits per heavy atom. The molecule has 0 aliphatic rings. The first-order valence-corrected chi connectivity index (χ1v) is 7.88. The Hall–Kier alpha value is -3.01. The fourth-order valence-corrected chi connectivity index (χ4v) is 2.38. The highest BCUT2D eigenvalue weighted by molar-refractivity contribution is 5.92. The average molecular weight is 361 g/mol. The van der Waals surface area contributed by atoms with E-state index in [2.05, 4.69) is 5.32 Å². The van der Waals surface area contributed by atoms with Crippen molar-refractivity contribution in [1.29, 1.82) is 5.26 Å². The number of amides is 1. The van der Waals surface area contributed by atoms with Crippen LogP contribution in [0.4, 0.5) is 24.5 Å². The largest absolute Gasteiger partial charge is 0.416 e. The summed E-state index contributed by atoms with van der Waals surface area (Å²) in [5.74, 6) is -0.448. The summed E-state index contributed by atoms with van der Waals surface area (Å²) in [6, 6.07) is 12.1. The van der Waals surface area contributed by atoms with Crippen LogP contribution in [0.5, 0.6) is 0 Å². The third-order valence-corrected chi connectivity index (χ3v) is 3.81. The molecule has 0 radical (unpaired) electrons. The van der Waals surface area contributed by atoms with Gasteiger partial charge in [-0.1, -0.05) is 12.1 Å². The lowest BCUT2D eigenvalue weighted by molar-refractivity contribution is -0.137. The van der Waals surface area contributed by atoms with E-state index in [0.717, 1.165) is 29.4 Å². The van der Waals surface area contributed by atoms with Crippen LogP contribution >= 0.6 is 0 Å². The molecule has 0 aliphatic carbocycles. The van der Waals surface area contributed by atoms with Gasteiger partial charge in [0.15, 0.2) is 0 Å². The Bertz CT molecular complexity index is 839. The lowest BCUT2D eigenvalue weighted by Gasteiger charge is -2.14. The summed E-state index contributed by atoms with van der Waals surface area (Å²) >= 11 is 0. The zero-order chi connectivity index (χ0) is 19.3. The van der Waals surface area contributed by atoms with E-state index in [1.54, 1.807) is 6.07 Å². The van der Waals surface area contributed by atoms with E-state index in [1.165, 1.54) is 0 Å². The maximum Gasteiger partial charge on any atom is 0.416 e. The third kappa shape index (κ3) is 4.99. The van der Waals surface area contributed by atoms with Gasteiger partial charge in [0.05, 0.1) is 16.8 Å². The Morgan fingerprint density at radius 2 is 1.92 bits per heavy atom. The van der Waals surface area contributed by atoms with Crippen LogP contribution in [0.15, 0.2) is 42.5 Å². The summed E-state index contributed by atoms with van der Waals surface area (Å²) in [6.45, 7) is 0. The Morgan fingerprint density at radius 1 is 1.19 bits per heavy atom. The third-order valence-electron chi connectivity index (χ3n) is 3.81. The molecular formula is C19H18F3N3O. The van der Waals surface area contributed by atoms with E-state index < -0.39 is 17.6 Å². The number of aryl methyl sites for hydroxylation is 1. The minimum atomic E-state index is -4.54. The van der Waals surface area contributed by atoms with Gasteiger partial charge in [0.1, 0.15) is 6.07 Å². The second kappa shape index (κ2) is 7.91. The van der Waals surface area contributed by atoms with Gasteiger partial charge in [0.2, 0.25) is 5.91 Å². The van der Waals surface area contributed by atoms with Gasteiger partial charge in [-0.25, -0.2) is 0 Å². The van der Waals surface area contributed by atoms with Crippen molar-refractivity contribution in [3.8, 4) is 6.07 Å². The maximum absolute atomic E-state index is 12.8. The first-order valence-electron chi connectivity index (χ1n) is 7.88. The molecule has 0 saturated carbocycles. The van der Waals surface area contributed by atoms with Crippen molar-refractivity contribution in [3.05, 3.63) is 59.2 Å². The van der Waals surface area contributed by atoms with Crippen molar-refractivity contribution in [2.75, 3.05) is 24.3 Å². The van der Waals surface area contributed by atoms with E-state index >= 15 is 0 Å². The zero-order valence-corrected chi connectivity index (χ0v) is 14.4. The van der Waals surface area contributed by atoms with Crippen LogP contribution in [-0.4, -0.2) is 20.0 Å². The van der Waals surface area contributed by atoms with Gasteiger partial charge in [-0.05, 0) is 42.3 Å². The topological polar surface area (TPSA) is 56.1 Å². The molecule has 0 spiro atoms. The number of nitriles is 1. The van der Waals surface area contributed by atoms with E-state index in [-0.39, 0.29) is 17.7 Å². The maximum atomic E-state index is 12.8. The van der Waals surface area contributed by atoms with Crippen molar-refractivity contribution in [2.24, 2.45) is 0 Å². The number of hydrogen-bond donors (Lipinski definition) is 1. The van der Waals surface area contributed by atoms with Crippen molar-refractivity contribution < 1.29 is 18.0 Å². The van der Waals surface area contributed by atoms with E-state index in [4.69, 9.17) is 5.26 Å². The Balaban J connectivity index is 2.08. The summed E-state index contributed by atoms with van der Waals surface area (Å²) in [5, 5.41) is 11.4. The minimum absolute atomic E-state index is 0.0130. The lowest BCUT2D eigenvalue weighted by Crippen LogP contribution is -2.15. The first kappa shape index (κ1) is 19.3. The molecule has 26 heavy (non-hydrogen) atoms. The van der Waals surface area contributed by atoms with E-state index in [1.807, 2.05) is 43.3 Å². The molecule has 0 fully saturated rings. The van der Waals surface area contributed by atoms with Gasteiger partial charge in [-0.15, -0.1) is 0 Å². The highest BCUT2D eigenvalue weighted by Crippen LogP contribution is 2.32. The fraction of sp³-hybridized carbons (Fsp3) is 0.263. The lowest BCUT2D eigenvalue weighted by atomic mass is 10.1. The van der Waals surface area contributed by atoms with Gasteiger partial charge >= 0.3 is 6.18 Å². The second-order valence-corrected chi connectivity index (χ2v) is 5.98. The quantitative estimate of drug-likeness (QED) is 0.868. The number of nitrogens with zero attached hydrogens (tertiary/aromatic N) is 2. The molecule has 2 aromatic carbocycles. The number of nitrogens with one attached hydrogen (secondary N) is 1. The van der Waals surface area contributed by atoms with E-state index in [9.17, 15) is 18.0 Å². The van der Waals surface area contributed by atoms with Crippen molar-refractivity contribution >= 4 is 17.3 Å². The summed E-state index contributed by atoms with van der Waals surface area (Å²) in [6.07, 6.45) is -4.01. The molecule has 0 atom stereocenters. The van der Waals surface area contributed by atoms with Crippen molar-refractivity contribution in [2.45, 2.75) is 19.0 Å². The predicted octanol–water partition coefficient (Wildman–Crippen LogP) is 4.21. The molecule has 4 nitrogen and oxygen atoms in total. The molecule has 7 heteroatoms. The number of halogens is 3. The highest BCUT2D eigenvalue weighted by Gasteiger charge is 2.31. The molecule has 0 aliphatic heterocycles. The van der Waals surface area contributed by atoms with Crippen molar-refractivity contribution in [1.82, 2.24) is 0 Å². The molecule has 136 valence electrons. The normalized spacial score (nSPS) is 10.9. The standard InChI is InChI=1S/C19H18F3N3O/c1-25(2)16-5-3-4-13(10-16)6-9-18(26)24-17-11-15(19(20,21)22)8-7-14(17)12-23/h3-5,7-8,10-11H,6,9H2,1-2H3,(H,24,26). The molecule has 0 heterocycles. The summed E-state index contributed by atoms with van der Waals surface area (Å²) in [4.78, 5) is 14.1. The van der Waals surface area contributed by atoms with Crippen LogP contribution in [0.1, 0.15) is 23.1 Å². The smallest absolute Gasteiger partial charge is 0.378 e. The van der Waals surface area contributed by atoms with Gasteiger partial charge in [-0.3, -0.25) is 4.79 Å². The molecule has 0 saturated heterocycles. The van der Waals surface area contributed by atoms with E-state index in [0.29, 0.717) is 6.42 Å². The van der Waals surface area contributed by atoms with Crippen LogP contribution in [0, 0.1) is 11.3 Å². The number of carbonyl (C=O) groups is 1. The monoisotopic (exact) mass is 361 g/mol. The highest BCUT2D eigenvalue weighted by atomic mass is 19.4. The van der Waals surface area contributed by atoms with Gasteiger partial charge in [-0.2, -0.15) is 18.4 Å². The number of carbonyl (C=O) groups excluding carboxylic acids is 1. The summed E-state index contributed by atoms with van der Waals surface area (Å²) < 4.78 is 38.4. The molecule has 0 unspecified atom stereocenters. The number of benzene rings is 2. The van der Waals surface area contributed by atoms with Crippen LogP contribution in [0.2, 0.25) is 0 Å². The Kier molecular flexibility index (Phi) is 5.88. The summed E-state index contributed by atoms with van der Waals surface area (Å²) in [7, 11) is 3.81.